The number of esters is 2. The Kier molecular flexibility index (Phi) is 8.52. The molecule has 1 atom stereocenters. The predicted octanol–water partition coefficient (Wildman–Crippen LogP) is 6.65. The Morgan fingerprint density at radius 1 is 0.960 bits per heavy atom. The van der Waals surface area contributed by atoms with Crippen molar-refractivity contribution in [1.29, 1.82) is 0 Å². The van der Waals surface area contributed by atoms with Crippen molar-refractivity contribution in [3.8, 4) is 0 Å². The third-order valence-corrected chi connectivity index (χ3v) is 9.48. The number of ether oxygens (including phenoxy) is 2. The van der Waals surface area contributed by atoms with E-state index in [0.29, 0.717) is 54.0 Å². The molecule has 7 rings (SSSR count). The summed E-state index contributed by atoms with van der Waals surface area (Å²) >= 11 is 0. The van der Waals surface area contributed by atoms with E-state index in [1.165, 1.54) is 31.4 Å². The summed E-state index contributed by atoms with van der Waals surface area (Å²) in [5, 5.41) is 14.9. The van der Waals surface area contributed by atoms with Gasteiger partial charge in [-0.25, -0.2) is 14.6 Å². The molecule has 1 fully saturated rings. The number of aromatic nitrogens is 2. The van der Waals surface area contributed by atoms with Crippen molar-refractivity contribution in [1.82, 2.24) is 9.55 Å². The molecule has 1 unspecified atom stereocenters. The average molecular weight is 674 g/mol. The summed E-state index contributed by atoms with van der Waals surface area (Å²) in [4.78, 5) is 57.7. The maximum atomic E-state index is 14.6. The zero-order valence-corrected chi connectivity index (χ0v) is 27.8. The van der Waals surface area contributed by atoms with Crippen LogP contribution in [0.1, 0.15) is 74.8 Å². The number of aryl methyl sites for hydroxylation is 1. The smallest absolute Gasteiger partial charge is 0.339 e. The minimum absolute atomic E-state index is 0.111. The van der Waals surface area contributed by atoms with E-state index in [-0.39, 0.29) is 28.9 Å². The molecule has 1 aliphatic carbocycles. The minimum Gasteiger partial charge on any atom is -0.465 e. The van der Waals surface area contributed by atoms with Crippen molar-refractivity contribution < 1.29 is 24.0 Å². The number of para-hydroxylation sites is 1. The number of methoxy groups -OCH3 is 1. The number of carbonyl (C=O) groups is 2. The molecule has 0 radical (unpaired) electrons. The number of hydrogen-bond donors (Lipinski definition) is 1. The highest BCUT2D eigenvalue weighted by Crippen LogP contribution is 2.39. The van der Waals surface area contributed by atoms with Gasteiger partial charge in [-0.3, -0.25) is 19.5 Å². The number of hydrogen-bond acceptors (Lipinski definition) is 10. The van der Waals surface area contributed by atoms with E-state index >= 15 is 0 Å². The van der Waals surface area contributed by atoms with E-state index in [4.69, 9.17) is 14.5 Å². The molecule has 1 aliphatic heterocycles. The number of rotatable bonds is 9. The Bertz CT molecular complexity index is 2180. The van der Waals surface area contributed by atoms with Crippen molar-refractivity contribution in [2.24, 2.45) is 0 Å². The van der Waals surface area contributed by atoms with Gasteiger partial charge >= 0.3 is 11.9 Å². The standard InChI is InChI=1S/C38H35N5O7/c1-22-16-31(23(2)39-33-11-7-6-10-30(33)37(46)49-3)34-32(17-22)35(44)42(38(40-34)41-20-25-8-4-5-9-26(25)21-41)28-18-29(19-28)50-36(45)24-12-14-27(15-13-24)43(47)48/h4-17,23,28-29,39H,18-21H2,1-3H3/t23?,28-,29+. The molecule has 4 aromatic carbocycles. The minimum atomic E-state index is -0.571. The number of nitrogens with one attached hydrogen (secondary N) is 1. The van der Waals surface area contributed by atoms with Gasteiger partial charge in [0.2, 0.25) is 5.95 Å². The summed E-state index contributed by atoms with van der Waals surface area (Å²) in [6.07, 6.45) is 0.405. The molecule has 0 amide bonds. The number of nitro groups is 1. The summed E-state index contributed by atoms with van der Waals surface area (Å²) in [5.41, 5.74) is 5.53. The Morgan fingerprint density at radius 3 is 2.28 bits per heavy atom. The molecule has 2 aliphatic rings. The lowest BCUT2D eigenvalue weighted by Gasteiger charge is -2.38. The second-order valence-electron chi connectivity index (χ2n) is 12.8. The van der Waals surface area contributed by atoms with E-state index < -0.39 is 23.0 Å². The molecule has 50 heavy (non-hydrogen) atoms. The van der Waals surface area contributed by atoms with Crippen molar-refractivity contribution >= 4 is 40.2 Å². The van der Waals surface area contributed by atoms with Crippen LogP contribution in [-0.4, -0.2) is 39.6 Å². The maximum Gasteiger partial charge on any atom is 0.339 e. The highest BCUT2D eigenvalue weighted by atomic mass is 16.6. The maximum absolute atomic E-state index is 14.6. The van der Waals surface area contributed by atoms with Crippen molar-refractivity contribution in [2.45, 2.75) is 58.0 Å². The van der Waals surface area contributed by atoms with Gasteiger partial charge < -0.3 is 19.7 Å². The van der Waals surface area contributed by atoms with E-state index in [1.807, 2.05) is 50.2 Å². The fraction of sp³-hybridized carbons (Fsp3) is 0.263. The zero-order valence-electron chi connectivity index (χ0n) is 27.8. The van der Waals surface area contributed by atoms with Crippen molar-refractivity contribution in [2.75, 3.05) is 17.3 Å². The Morgan fingerprint density at radius 2 is 1.62 bits per heavy atom. The highest BCUT2D eigenvalue weighted by molar-refractivity contribution is 5.96. The Balaban J connectivity index is 1.23. The molecule has 0 saturated heterocycles. The quantitative estimate of drug-likeness (QED) is 0.102. The molecule has 12 nitrogen and oxygen atoms in total. The van der Waals surface area contributed by atoms with Crippen LogP contribution in [0.2, 0.25) is 0 Å². The summed E-state index contributed by atoms with van der Waals surface area (Å²) in [5.74, 6) is -0.488. The van der Waals surface area contributed by atoms with Gasteiger partial charge in [-0.1, -0.05) is 42.5 Å². The number of anilines is 2. The van der Waals surface area contributed by atoms with Crippen LogP contribution in [0.3, 0.4) is 0 Å². The van der Waals surface area contributed by atoms with Crippen LogP contribution >= 0.6 is 0 Å². The third-order valence-electron chi connectivity index (χ3n) is 9.48. The van der Waals surface area contributed by atoms with Crippen LogP contribution < -0.4 is 15.8 Å². The predicted molar refractivity (Wildman–Crippen MR) is 187 cm³/mol. The molecular formula is C38H35N5O7. The second kappa shape index (κ2) is 13.1. The molecule has 1 saturated carbocycles. The van der Waals surface area contributed by atoms with Gasteiger partial charge in [0.1, 0.15) is 6.10 Å². The van der Waals surface area contributed by atoms with Crippen LogP contribution in [-0.2, 0) is 22.6 Å². The molecular weight excluding hydrogens is 638 g/mol. The normalized spacial score (nSPS) is 17.1. The molecule has 0 spiro atoms. The van der Waals surface area contributed by atoms with Gasteiger partial charge in [0.15, 0.2) is 0 Å². The van der Waals surface area contributed by atoms with Crippen LogP contribution in [0.25, 0.3) is 10.9 Å². The number of benzene rings is 4. The fourth-order valence-electron chi connectivity index (χ4n) is 6.82. The summed E-state index contributed by atoms with van der Waals surface area (Å²) in [6, 6.07) is 23.8. The van der Waals surface area contributed by atoms with Crippen LogP contribution in [0, 0.1) is 17.0 Å². The third kappa shape index (κ3) is 6.04. The summed E-state index contributed by atoms with van der Waals surface area (Å²) in [7, 11) is 1.34. The lowest BCUT2D eigenvalue weighted by Crippen LogP contribution is -2.42. The number of fused-ring (bicyclic) bond motifs is 2. The lowest BCUT2D eigenvalue weighted by molar-refractivity contribution is -0.384. The molecule has 1 aromatic heterocycles. The van der Waals surface area contributed by atoms with Crippen LogP contribution in [0.15, 0.2) is 89.7 Å². The van der Waals surface area contributed by atoms with Crippen molar-refractivity contribution in [3.05, 3.63) is 139 Å². The first kappa shape index (κ1) is 32.5. The first-order chi connectivity index (χ1) is 24.1. The fourth-order valence-corrected chi connectivity index (χ4v) is 6.82. The largest absolute Gasteiger partial charge is 0.465 e. The molecule has 0 bridgehead atoms. The molecule has 5 aromatic rings. The summed E-state index contributed by atoms with van der Waals surface area (Å²) < 4.78 is 12.5. The first-order valence-corrected chi connectivity index (χ1v) is 16.4. The Labute approximate surface area is 287 Å². The van der Waals surface area contributed by atoms with Gasteiger partial charge in [-0.15, -0.1) is 0 Å². The molecule has 12 heteroatoms. The van der Waals surface area contributed by atoms with Gasteiger partial charge in [0.25, 0.3) is 11.2 Å². The lowest BCUT2D eigenvalue weighted by atomic mass is 9.88. The topological polar surface area (TPSA) is 146 Å². The first-order valence-electron chi connectivity index (χ1n) is 16.4. The highest BCUT2D eigenvalue weighted by Gasteiger charge is 2.38. The molecule has 2 heterocycles. The van der Waals surface area contributed by atoms with Crippen molar-refractivity contribution in [3.63, 3.8) is 0 Å². The van der Waals surface area contributed by atoms with Gasteiger partial charge in [-0.05, 0) is 60.9 Å². The zero-order chi connectivity index (χ0) is 35.1. The van der Waals surface area contributed by atoms with Gasteiger partial charge in [-0.2, -0.15) is 0 Å². The van der Waals surface area contributed by atoms with Crippen LogP contribution in [0.4, 0.5) is 17.3 Å². The number of non-ortho nitro benzene ring substituents is 1. The van der Waals surface area contributed by atoms with E-state index in [0.717, 1.165) is 22.3 Å². The number of nitro benzene ring substituents is 1. The Hall–Kier alpha value is -6.04. The van der Waals surface area contributed by atoms with E-state index in [1.54, 1.807) is 16.7 Å². The monoisotopic (exact) mass is 673 g/mol. The summed E-state index contributed by atoms with van der Waals surface area (Å²) in [6.45, 7) is 5.07. The van der Waals surface area contributed by atoms with Gasteiger partial charge in [0, 0.05) is 55.4 Å². The van der Waals surface area contributed by atoms with E-state index in [9.17, 15) is 24.5 Å². The molecule has 1 N–H and O–H groups in total. The number of carbonyl (C=O) groups excluding carboxylic acids is 2. The van der Waals surface area contributed by atoms with Crippen LogP contribution in [0.5, 0.6) is 0 Å². The number of nitrogens with zero attached hydrogens (tertiary/aromatic N) is 4. The van der Waals surface area contributed by atoms with Gasteiger partial charge in [0.05, 0.1) is 40.1 Å². The molecule has 254 valence electrons. The SMILES string of the molecule is COC(=O)c1ccccc1NC(C)c1cc(C)cc2c(=O)n([C@H]3C[C@@H](OC(=O)c4ccc([N+](=O)[O-])cc4)C3)c(N3Cc4ccccc4C3)nc12. The van der Waals surface area contributed by atoms with E-state index in [2.05, 4.69) is 22.3 Å². The second-order valence-corrected chi connectivity index (χ2v) is 12.8. The average Bonchev–Trinajstić information content (AvgIpc) is 3.54.